The number of furan rings is 1. The summed E-state index contributed by atoms with van der Waals surface area (Å²) in [4.78, 5) is 26.9. The van der Waals surface area contributed by atoms with Crippen LogP contribution in [0.25, 0.3) is 0 Å². The van der Waals surface area contributed by atoms with Crippen LogP contribution in [0.5, 0.6) is 5.88 Å². The molecule has 1 aliphatic rings. The summed E-state index contributed by atoms with van der Waals surface area (Å²) in [6, 6.07) is 6.09. The van der Waals surface area contributed by atoms with Gasteiger partial charge in [0.1, 0.15) is 6.10 Å². The van der Waals surface area contributed by atoms with Gasteiger partial charge in [-0.1, -0.05) is 0 Å². The summed E-state index contributed by atoms with van der Waals surface area (Å²) < 4.78 is 16.1. The minimum absolute atomic E-state index is 0.0508. The van der Waals surface area contributed by atoms with E-state index in [1.54, 1.807) is 18.3 Å². The van der Waals surface area contributed by atoms with Gasteiger partial charge < -0.3 is 24.3 Å². The molecule has 2 N–H and O–H groups in total. The molecule has 2 aromatic rings. The zero-order valence-corrected chi connectivity index (χ0v) is 13.4. The number of carboxylic acids is 1. The van der Waals surface area contributed by atoms with Crippen LogP contribution in [0, 0.1) is 0 Å². The molecular formula is C17H18N2O6. The number of carbonyl (C=O) groups is 2. The molecule has 25 heavy (non-hydrogen) atoms. The van der Waals surface area contributed by atoms with Crippen LogP contribution in [-0.2, 0) is 11.3 Å². The van der Waals surface area contributed by atoms with Gasteiger partial charge in [-0.25, -0.2) is 9.78 Å². The molecule has 8 nitrogen and oxygen atoms in total. The van der Waals surface area contributed by atoms with Gasteiger partial charge in [-0.05, 0) is 23.8 Å². The van der Waals surface area contributed by atoms with Gasteiger partial charge in [0.15, 0.2) is 5.76 Å². The second-order valence-electron chi connectivity index (χ2n) is 5.58. The molecule has 0 aromatic carbocycles. The Bertz CT molecular complexity index is 751. The van der Waals surface area contributed by atoms with Crippen LogP contribution in [0.4, 0.5) is 0 Å². The first kappa shape index (κ1) is 17.0. The van der Waals surface area contributed by atoms with Crippen LogP contribution < -0.4 is 10.1 Å². The Morgan fingerprint density at radius 3 is 2.72 bits per heavy atom. The van der Waals surface area contributed by atoms with E-state index in [1.165, 1.54) is 12.1 Å². The number of carboxylic acid groups (broad SMARTS) is 1. The Kier molecular flexibility index (Phi) is 5.30. The van der Waals surface area contributed by atoms with Crippen molar-refractivity contribution in [3.63, 3.8) is 0 Å². The van der Waals surface area contributed by atoms with Crippen molar-refractivity contribution < 1.29 is 28.6 Å². The number of ether oxygens (including phenoxy) is 2. The quantitative estimate of drug-likeness (QED) is 0.821. The van der Waals surface area contributed by atoms with E-state index in [4.69, 9.17) is 19.0 Å². The zero-order chi connectivity index (χ0) is 17.6. The lowest BCUT2D eigenvalue weighted by Gasteiger charge is -2.22. The lowest BCUT2D eigenvalue weighted by Crippen LogP contribution is -2.26. The van der Waals surface area contributed by atoms with Crippen molar-refractivity contribution in [3.05, 3.63) is 47.5 Å². The number of nitrogens with one attached hydrogen (secondary N) is 1. The average Bonchev–Trinajstić information content (AvgIpc) is 3.11. The Hall–Kier alpha value is -2.87. The van der Waals surface area contributed by atoms with Crippen molar-refractivity contribution >= 4 is 11.9 Å². The van der Waals surface area contributed by atoms with E-state index in [2.05, 4.69) is 10.3 Å². The van der Waals surface area contributed by atoms with Gasteiger partial charge in [-0.2, -0.15) is 0 Å². The Morgan fingerprint density at radius 2 is 2.00 bits per heavy atom. The van der Waals surface area contributed by atoms with E-state index >= 15 is 0 Å². The molecule has 0 bridgehead atoms. The topological polar surface area (TPSA) is 111 Å². The number of nitrogens with zero attached hydrogens (tertiary/aromatic N) is 1. The number of hydrogen-bond acceptors (Lipinski definition) is 6. The van der Waals surface area contributed by atoms with E-state index in [9.17, 15) is 9.59 Å². The van der Waals surface area contributed by atoms with E-state index < -0.39 is 11.9 Å². The monoisotopic (exact) mass is 346 g/mol. The third kappa shape index (κ3) is 4.57. The lowest BCUT2D eigenvalue weighted by atomic mass is 10.1. The van der Waals surface area contributed by atoms with Gasteiger partial charge in [-0.3, -0.25) is 4.79 Å². The van der Waals surface area contributed by atoms with Crippen LogP contribution >= 0.6 is 0 Å². The van der Waals surface area contributed by atoms with Crippen molar-refractivity contribution in [1.29, 1.82) is 0 Å². The maximum atomic E-state index is 12.0. The molecule has 3 heterocycles. The summed E-state index contributed by atoms with van der Waals surface area (Å²) >= 11 is 0. The van der Waals surface area contributed by atoms with Crippen molar-refractivity contribution in [1.82, 2.24) is 10.3 Å². The highest BCUT2D eigenvalue weighted by atomic mass is 16.5. The average molecular weight is 346 g/mol. The third-order valence-electron chi connectivity index (χ3n) is 3.75. The summed E-state index contributed by atoms with van der Waals surface area (Å²) in [6.07, 6.45) is 3.36. The Balaban J connectivity index is 1.56. The SMILES string of the molecule is O=C(O)c1ccc(C(=O)NCc2ccnc(OC3CCOCC3)c2)o1. The molecular weight excluding hydrogens is 328 g/mol. The molecule has 0 saturated carbocycles. The van der Waals surface area contributed by atoms with Crippen molar-refractivity contribution in [2.75, 3.05) is 13.2 Å². The van der Waals surface area contributed by atoms with Crippen molar-refractivity contribution in [3.8, 4) is 5.88 Å². The summed E-state index contributed by atoms with van der Waals surface area (Å²) in [5.41, 5.74) is 0.815. The minimum Gasteiger partial charge on any atom is -0.475 e. The maximum Gasteiger partial charge on any atom is 0.371 e. The molecule has 3 rings (SSSR count). The Morgan fingerprint density at radius 1 is 1.24 bits per heavy atom. The standard InChI is InChI=1S/C17H18N2O6/c20-16(13-1-2-14(25-13)17(21)22)19-10-11-3-6-18-15(9-11)24-12-4-7-23-8-5-12/h1-3,6,9,12H,4-5,7-8,10H2,(H,19,20)(H,21,22). The van der Waals surface area contributed by atoms with Gasteiger partial charge in [0.05, 0.1) is 13.2 Å². The molecule has 0 atom stereocenters. The predicted molar refractivity (Wildman–Crippen MR) is 85.5 cm³/mol. The van der Waals surface area contributed by atoms with Crippen LogP contribution in [0.1, 0.15) is 39.5 Å². The second kappa shape index (κ2) is 7.80. The largest absolute Gasteiger partial charge is 0.475 e. The Labute approximate surface area is 143 Å². The first-order valence-corrected chi connectivity index (χ1v) is 7.92. The zero-order valence-electron chi connectivity index (χ0n) is 13.4. The third-order valence-corrected chi connectivity index (χ3v) is 3.75. The van der Waals surface area contributed by atoms with Gasteiger partial charge in [0, 0.05) is 31.6 Å². The first-order chi connectivity index (χ1) is 12.1. The van der Waals surface area contributed by atoms with Crippen LogP contribution in [0.15, 0.2) is 34.9 Å². The molecule has 8 heteroatoms. The number of aromatic nitrogens is 1. The summed E-state index contributed by atoms with van der Waals surface area (Å²) in [5.74, 6) is -1.53. The van der Waals surface area contributed by atoms with E-state index in [0.29, 0.717) is 19.1 Å². The molecule has 2 aromatic heterocycles. The van der Waals surface area contributed by atoms with Gasteiger partial charge in [-0.15, -0.1) is 0 Å². The number of hydrogen-bond donors (Lipinski definition) is 2. The highest BCUT2D eigenvalue weighted by Gasteiger charge is 2.17. The highest BCUT2D eigenvalue weighted by molar-refractivity contribution is 5.93. The molecule has 132 valence electrons. The van der Waals surface area contributed by atoms with Gasteiger partial charge >= 0.3 is 5.97 Å². The molecule has 0 radical (unpaired) electrons. The van der Waals surface area contributed by atoms with Crippen molar-refractivity contribution in [2.45, 2.75) is 25.5 Å². The minimum atomic E-state index is -1.22. The molecule has 1 fully saturated rings. The molecule has 1 saturated heterocycles. The summed E-state index contributed by atoms with van der Waals surface area (Å²) in [5, 5.41) is 11.5. The number of aromatic carboxylic acids is 1. The van der Waals surface area contributed by atoms with Crippen LogP contribution in [-0.4, -0.2) is 41.3 Å². The smallest absolute Gasteiger partial charge is 0.371 e. The van der Waals surface area contributed by atoms with Crippen molar-refractivity contribution in [2.24, 2.45) is 0 Å². The molecule has 1 aliphatic heterocycles. The van der Waals surface area contributed by atoms with Crippen LogP contribution in [0.3, 0.4) is 0 Å². The fourth-order valence-electron chi connectivity index (χ4n) is 2.43. The summed E-state index contributed by atoms with van der Waals surface area (Å²) in [7, 11) is 0. The number of carbonyl (C=O) groups excluding carboxylic acids is 1. The normalized spacial score (nSPS) is 14.9. The fraction of sp³-hybridized carbons (Fsp3) is 0.353. The molecule has 0 spiro atoms. The van der Waals surface area contributed by atoms with E-state index in [1.807, 2.05) is 0 Å². The summed E-state index contributed by atoms with van der Waals surface area (Å²) in [6.45, 7) is 1.61. The molecule has 0 aliphatic carbocycles. The molecule has 0 unspecified atom stereocenters. The number of pyridine rings is 1. The van der Waals surface area contributed by atoms with E-state index in [0.717, 1.165) is 18.4 Å². The van der Waals surface area contributed by atoms with Gasteiger partial charge in [0.2, 0.25) is 11.6 Å². The molecule has 1 amide bonds. The first-order valence-electron chi connectivity index (χ1n) is 7.92. The predicted octanol–water partition coefficient (Wildman–Crippen LogP) is 1.86. The van der Waals surface area contributed by atoms with Crippen LogP contribution in [0.2, 0.25) is 0 Å². The van der Waals surface area contributed by atoms with Gasteiger partial charge in [0.25, 0.3) is 5.91 Å². The fourth-order valence-corrected chi connectivity index (χ4v) is 2.43. The van der Waals surface area contributed by atoms with E-state index in [-0.39, 0.29) is 24.2 Å². The highest BCUT2D eigenvalue weighted by Crippen LogP contribution is 2.17. The number of rotatable bonds is 6. The lowest BCUT2D eigenvalue weighted by molar-refractivity contribution is 0.0237. The maximum absolute atomic E-state index is 12.0. The number of amides is 1. The second-order valence-corrected chi connectivity index (χ2v) is 5.58.